The lowest BCUT2D eigenvalue weighted by Gasteiger charge is -2.34. The fourth-order valence-electron chi connectivity index (χ4n) is 2.75. The van der Waals surface area contributed by atoms with Gasteiger partial charge >= 0.3 is 0 Å². The Balaban J connectivity index is 0.00000288. The van der Waals surface area contributed by atoms with Gasteiger partial charge in [-0.25, -0.2) is 0 Å². The second-order valence-corrected chi connectivity index (χ2v) is 7.06. The van der Waals surface area contributed by atoms with Crippen molar-refractivity contribution < 1.29 is 4.74 Å². The first-order chi connectivity index (χ1) is 11.3. The van der Waals surface area contributed by atoms with E-state index in [-0.39, 0.29) is 24.0 Å². The number of hydrogen-bond donors (Lipinski definition) is 1. The monoisotopic (exact) mass is 463 g/mol. The van der Waals surface area contributed by atoms with Crippen molar-refractivity contribution in [2.75, 3.05) is 32.5 Å². The van der Waals surface area contributed by atoms with Crippen LogP contribution in [0.5, 0.6) is 0 Å². The lowest BCUT2D eigenvalue weighted by atomic mass is 10.1. The van der Waals surface area contributed by atoms with Gasteiger partial charge in [-0.1, -0.05) is 31.2 Å². The van der Waals surface area contributed by atoms with Gasteiger partial charge in [0.2, 0.25) is 0 Å². The minimum atomic E-state index is 0. The van der Waals surface area contributed by atoms with Crippen molar-refractivity contribution in [3.05, 3.63) is 35.4 Å². The van der Waals surface area contributed by atoms with Crippen LogP contribution >= 0.6 is 35.7 Å². The molecule has 0 saturated carbocycles. The van der Waals surface area contributed by atoms with Crippen LogP contribution in [0.1, 0.15) is 31.4 Å². The maximum absolute atomic E-state index is 5.57. The van der Waals surface area contributed by atoms with Crippen molar-refractivity contribution in [1.29, 1.82) is 0 Å². The van der Waals surface area contributed by atoms with Crippen LogP contribution in [-0.4, -0.2) is 48.6 Å². The molecule has 1 aromatic rings. The fraction of sp³-hybridized carbons (Fsp3) is 0.611. The Kier molecular flexibility index (Phi) is 10.8. The largest absolute Gasteiger partial charge is 0.377 e. The minimum absolute atomic E-state index is 0. The molecule has 136 valence electrons. The van der Waals surface area contributed by atoms with Crippen molar-refractivity contribution in [2.45, 2.75) is 38.7 Å². The molecule has 1 unspecified atom stereocenters. The summed E-state index contributed by atoms with van der Waals surface area (Å²) >= 11 is 2.08. The average Bonchev–Trinajstić information content (AvgIpc) is 2.61. The maximum atomic E-state index is 5.57. The highest BCUT2D eigenvalue weighted by Crippen LogP contribution is 2.21. The van der Waals surface area contributed by atoms with Gasteiger partial charge in [0, 0.05) is 44.3 Å². The molecule has 24 heavy (non-hydrogen) atoms. The molecule has 0 aromatic heterocycles. The van der Waals surface area contributed by atoms with E-state index in [1.54, 1.807) is 0 Å². The summed E-state index contributed by atoms with van der Waals surface area (Å²) in [4.78, 5) is 6.86. The molecule has 1 atom stereocenters. The second kappa shape index (κ2) is 12.0. The number of nitrogens with one attached hydrogen (secondary N) is 1. The predicted octanol–water partition coefficient (Wildman–Crippen LogP) is 3.74. The van der Waals surface area contributed by atoms with Crippen molar-refractivity contribution >= 4 is 41.7 Å². The fourth-order valence-corrected chi connectivity index (χ4v) is 3.93. The van der Waals surface area contributed by atoms with Gasteiger partial charge in [-0.15, -0.1) is 24.0 Å². The molecule has 1 heterocycles. The van der Waals surface area contributed by atoms with Crippen LogP contribution in [0.3, 0.4) is 0 Å². The van der Waals surface area contributed by atoms with E-state index in [9.17, 15) is 0 Å². The molecule has 0 radical (unpaired) electrons. The summed E-state index contributed by atoms with van der Waals surface area (Å²) in [5.74, 6) is 2.19. The normalized spacial score (nSPS) is 18.2. The molecule has 1 aromatic carbocycles. The first-order valence-corrected chi connectivity index (χ1v) is 9.55. The van der Waals surface area contributed by atoms with Crippen molar-refractivity contribution in [1.82, 2.24) is 10.2 Å². The van der Waals surface area contributed by atoms with E-state index in [4.69, 9.17) is 4.74 Å². The first-order valence-electron chi connectivity index (χ1n) is 8.50. The van der Waals surface area contributed by atoms with Gasteiger partial charge in [0.25, 0.3) is 0 Å². The first kappa shape index (κ1) is 21.6. The van der Waals surface area contributed by atoms with E-state index in [0.29, 0.717) is 11.9 Å². The van der Waals surface area contributed by atoms with E-state index in [0.717, 1.165) is 32.2 Å². The molecular formula is C18H30IN3OS. The Labute approximate surface area is 167 Å². The zero-order valence-corrected chi connectivity index (χ0v) is 18.1. The van der Waals surface area contributed by atoms with Crippen LogP contribution in [0, 0.1) is 0 Å². The van der Waals surface area contributed by atoms with Gasteiger partial charge in [-0.05, 0) is 24.5 Å². The van der Waals surface area contributed by atoms with Crippen LogP contribution < -0.4 is 5.32 Å². The Morgan fingerprint density at radius 1 is 1.33 bits per heavy atom. The zero-order chi connectivity index (χ0) is 16.5. The van der Waals surface area contributed by atoms with Crippen molar-refractivity contribution in [2.24, 2.45) is 4.99 Å². The highest BCUT2D eigenvalue weighted by atomic mass is 127. The predicted molar refractivity (Wildman–Crippen MR) is 115 cm³/mol. The summed E-state index contributed by atoms with van der Waals surface area (Å²) in [5, 5.41) is 4.24. The molecule has 0 amide bonds. The summed E-state index contributed by atoms with van der Waals surface area (Å²) in [5.41, 5.74) is 2.53. The Morgan fingerprint density at radius 3 is 2.75 bits per heavy atom. The third-order valence-corrected chi connectivity index (χ3v) is 5.49. The topological polar surface area (TPSA) is 36.9 Å². The Hall–Kier alpha value is -0.470. The summed E-state index contributed by atoms with van der Waals surface area (Å²) in [7, 11) is 1.87. The molecule has 0 bridgehead atoms. The Bertz CT molecular complexity index is 513. The summed E-state index contributed by atoms with van der Waals surface area (Å²) in [6, 6.07) is 8.45. The van der Waals surface area contributed by atoms with E-state index in [1.807, 2.05) is 14.0 Å². The number of guanidine groups is 1. The molecule has 0 aliphatic carbocycles. The van der Waals surface area contributed by atoms with Crippen LogP contribution in [0.4, 0.5) is 0 Å². The number of halogens is 1. The molecule has 1 N–H and O–H groups in total. The Morgan fingerprint density at radius 2 is 2.08 bits per heavy atom. The van der Waals surface area contributed by atoms with Crippen LogP contribution in [0.15, 0.2) is 29.3 Å². The van der Waals surface area contributed by atoms with Gasteiger partial charge in [0.1, 0.15) is 0 Å². The van der Waals surface area contributed by atoms with Gasteiger partial charge in [0.15, 0.2) is 5.96 Å². The summed E-state index contributed by atoms with van der Waals surface area (Å²) in [6.45, 7) is 8.65. The van der Waals surface area contributed by atoms with E-state index < -0.39 is 0 Å². The zero-order valence-electron chi connectivity index (χ0n) is 15.0. The van der Waals surface area contributed by atoms with Gasteiger partial charge in [-0.2, -0.15) is 11.8 Å². The van der Waals surface area contributed by atoms with E-state index >= 15 is 0 Å². The smallest absolute Gasteiger partial charge is 0.193 e. The van der Waals surface area contributed by atoms with Crippen molar-refractivity contribution in [3.63, 3.8) is 0 Å². The lowest BCUT2D eigenvalue weighted by molar-refractivity contribution is 0.133. The number of rotatable bonds is 6. The SMILES string of the molecule is CCOCc1ccccc1CNC(=NC)N1CCSC(CC)C1.I. The number of thioether (sulfide) groups is 1. The van der Waals surface area contributed by atoms with Gasteiger partial charge in [-0.3, -0.25) is 4.99 Å². The highest BCUT2D eigenvalue weighted by Gasteiger charge is 2.21. The highest BCUT2D eigenvalue weighted by molar-refractivity contribution is 14.0. The molecular weight excluding hydrogens is 433 g/mol. The molecule has 2 rings (SSSR count). The standard InChI is InChI=1S/C18H29N3OS.HI/c1-4-17-13-21(10-11-23-17)18(19-3)20-12-15-8-6-7-9-16(15)14-22-5-2;/h6-9,17H,4-5,10-14H2,1-3H3,(H,19,20);1H. The molecule has 1 fully saturated rings. The van der Waals surface area contributed by atoms with E-state index in [1.165, 1.54) is 23.3 Å². The number of benzene rings is 1. The van der Waals surface area contributed by atoms with Gasteiger partial charge < -0.3 is 15.0 Å². The molecule has 1 saturated heterocycles. The number of nitrogens with zero attached hydrogens (tertiary/aromatic N) is 2. The second-order valence-electron chi connectivity index (χ2n) is 5.65. The lowest BCUT2D eigenvalue weighted by Crippen LogP contribution is -2.47. The number of hydrogen-bond acceptors (Lipinski definition) is 3. The van der Waals surface area contributed by atoms with Crippen LogP contribution in [0.25, 0.3) is 0 Å². The minimum Gasteiger partial charge on any atom is -0.377 e. The molecule has 6 heteroatoms. The van der Waals surface area contributed by atoms with Crippen LogP contribution in [-0.2, 0) is 17.9 Å². The summed E-state index contributed by atoms with van der Waals surface area (Å²) in [6.07, 6.45) is 1.22. The molecule has 4 nitrogen and oxygen atoms in total. The summed E-state index contributed by atoms with van der Waals surface area (Å²) < 4.78 is 5.57. The quantitative estimate of drug-likeness (QED) is 0.396. The van der Waals surface area contributed by atoms with Crippen molar-refractivity contribution in [3.8, 4) is 0 Å². The maximum Gasteiger partial charge on any atom is 0.193 e. The third-order valence-electron chi connectivity index (χ3n) is 4.12. The van der Waals surface area contributed by atoms with E-state index in [2.05, 4.69) is 58.2 Å². The molecule has 1 aliphatic heterocycles. The van der Waals surface area contributed by atoms with Crippen LogP contribution in [0.2, 0.25) is 0 Å². The number of ether oxygens (including phenoxy) is 1. The average molecular weight is 463 g/mol. The number of aliphatic imine (C=N–C) groups is 1. The van der Waals surface area contributed by atoms with Gasteiger partial charge in [0.05, 0.1) is 6.61 Å². The molecule has 0 spiro atoms. The third kappa shape index (κ3) is 6.44. The molecule has 1 aliphatic rings.